The van der Waals surface area contributed by atoms with Crippen molar-refractivity contribution < 1.29 is 9.18 Å². The lowest BCUT2D eigenvalue weighted by molar-refractivity contribution is -0.119. The number of carbonyl (C=O) groups is 1. The van der Waals surface area contributed by atoms with Crippen molar-refractivity contribution in [2.75, 3.05) is 0 Å². The van der Waals surface area contributed by atoms with Gasteiger partial charge in [0.05, 0.1) is 4.70 Å². The first-order valence-corrected chi connectivity index (χ1v) is 8.11. The molecule has 1 heterocycles. The second-order valence-corrected chi connectivity index (χ2v) is 6.59. The second kappa shape index (κ2) is 5.29. The van der Waals surface area contributed by atoms with Gasteiger partial charge in [-0.2, -0.15) is 4.37 Å². The number of hydrogen-bond donors (Lipinski definition) is 0. The van der Waals surface area contributed by atoms with Crippen LogP contribution < -0.4 is 0 Å². The van der Waals surface area contributed by atoms with Crippen LogP contribution in [0.3, 0.4) is 0 Å². The molecule has 1 aromatic heterocycles. The Bertz CT molecular complexity index is 843. The molecule has 2 aromatic carbocycles. The van der Waals surface area contributed by atoms with Gasteiger partial charge in [-0.1, -0.05) is 42.5 Å². The molecule has 2 atom stereocenters. The molecule has 4 rings (SSSR count). The molecule has 0 N–H and O–H groups in total. The average Bonchev–Trinajstić information content (AvgIpc) is 3.21. The number of carbonyl (C=O) groups excluding carboxylic acids is 1. The summed E-state index contributed by atoms with van der Waals surface area (Å²) in [6.45, 7) is 0. The summed E-state index contributed by atoms with van der Waals surface area (Å²) in [6, 6.07) is 13.6. The number of benzene rings is 2. The summed E-state index contributed by atoms with van der Waals surface area (Å²) in [5, 5.41) is 0.798. The van der Waals surface area contributed by atoms with Gasteiger partial charge >= 0.3 is 0 Å². The largest absolute Gasteiger partial charge is 0.299 e. The fourth-order valence-corrected chi connectivity index (χ4v) is 3.73. The third-order valence-corrected chi connectivity index (χ3v) is 5.15. The minimum atomic E-state index is -0.287. The van der Waals surface area contributed by atoms with Gasteiger partial charge < -0.3 is 0 Å². The van der Waals surface area contributed by atoms with E-state index in [1.165, 1.54) is 5.56 Å². The maximum Gasteiger partial charge on any atom is 0.146 e. The lowest BCUT2D eigenvalue weighted by Gasteiger charge is -2.04. The first-order valence-electron chi connectivity index (χ1n) is 7.33. The summed E-state index contributed by atoms with van der Waals surface area (Å²) < 4.78 is 18.9. The quantitative estimate of drug-likeness (QED) is 0.717. The molecule has 0 radical (unpaired) electrons. The number of ketones is 1. The molecule has 110 valence electrons. The smallest absolute Gasteiger partial charge is 0.146 e. The molecule has 0 spiro atoms. The summed E-state index contributed by atoms with van der Waals surface area (Å²) >= 11 is 1.14. The molecule has 0 amide bonds. The molecule has 4 heteroatoms. The van der Waals surface area contributed by atoms with E-state index in [1.807, 2.05) is 24.3 Å². The fourth-order valence-electron chi connectivity index (χ4n) is 3.02. The zero-order valence-electron chi connectivity index (χ0n) is 11.8. The summed E-state index contributed by atoms with van der Waals surface area (Å²) in [5.41, 5.74) is 1.69. The number of Topliss-reactive ketones (excluding diaryl/α,β-unsaturated/α-hetero) is 1. The third kappa shape index (κ3) is 2.33. The van der Waals surface area contributed by atoms with Gasteiger partial charge in [0.1, 0.15) is 11.6 Å². The Morgan fingerprint density at radius 3 is 2.86 bits per heavy atom. The van der Waals surface area contributed by atoms with E-state index in [1.54, 1.807) is 12.3 Å². The van der Waals surface area contributed by atoms with E-state index >= 15 is 0 Å². The van der Waals surface area contributed by atoms with Crippen LogP contribution in [-0.4, -0.2) is 10.2 Å². The maximum absolute atomic E-state index is 14.4. The Labute approximate surface area is 131 Å². The molecule has 1 aliphatic carbocycles. The molecular formula is C18H14FNOS. The second-order valence-electron chi connectivity index (χ2n) is 5.79. The van der Waals surface area contributed by atoms with Crippen LogP contribution in [0, 0.1) is 11.7 Å². The summed E-state index contributed by atoms with van der Waals surface area (Å²) in [6.07, 6.45) is 2.71. The molecule has 22 heavy (non-hydrogen) atoms. The number of hydrogen-bond acceptors (Lipinski definition) is 3. The van der Waals surface area contributed by atoms with Gasteiger partial charge in [0.2, 0.25) is 0 Å². The maximum atomic E-state index is 14.4. The lowest BCUT2D eigenvalue weighted by atomic mass is 10.0. The van der Waals surface area contributed by atoms with Crippen molar-refractivity contribution in [1.82, 2.24) is 4.37 Å². The third-order valence-electron chi connectivity index (χ3n) is 4.34. The van der Waals surface area contributed by atoms with Gasteiger partial charge in [0, 0.05) is 23.9 Å². The lowest BCUT2D eigenvalue weighted by Crippen LogP contribution is -2.08. The van der Waals surface area contributed by atoms with Crippen LogP contribution in [0.2, 0.25) is 0 Å². The summed E-state index contributed by atoms with van der Waals surface area (Å²) in [7, 11) is 0. The van der Waals surface area contributed by atoms with E-state index in [-0.39, 0.29) is 23.9 Å². The number of aromatic nitrogens is 1. The normalized spacial score (nSPS) is 20.2. The molecule has 0 bridgehead atoms. The SMILES string of the molecule is O=C(Cc1ccc2cnsc2c1F)[C@@H]1CC1c1ccccc1. The minimum absolute atomic E-state index is 0.0407. The van der Waals surface area contributed by atoms with Crippen molar-refractivity contribution in [3.63, 3.8) is 0 Å². The van der Waals surface area contributed by atoms with E-state index in [0.29, 0.717) is 16.2 Å². The highest BCUT2D eigenvalue weighted by Crippen LogP contribution is 2.48. The van der Waals surface area contributed by atoms with Gasteiger partial charge in [0.25, 0.3) is 0 Å². The molecule has 0 saturated heterocycles. The van der Waals surface area contributed by atoms with E-state index in [0.717, 1.165) is 23.3 Å². The van der Waals surface area contributed by atoms with Crippen LogP contribution in [0.25, 0.3) is 10.1 Å². The zero-order chi connectivity index (χ0) is 15.1. The first kappa shape index (κ1) is 13.6. The highest BCUT2D eigenvalue weighted by Gasteiger charge is 2.43. The van der Waals surface area contributed by atoms with Gasteiger partial charge in [-0.3, -0.25) is 4.79 Å². The van der Waals surface area contributed by atoms with Crippen molar-refractivity contribution in [2.45, 2.75) is 18.8 Å². The Kier molecular flexibility index (Phi) is 3.26. The van der Waals surface area contributed by atoms with E-state index in [9.17, 15) is 9.18 Å². The van der Waals surface area contributed by atoms with Gasteiger partial charge in [-0.05, 0) is 35.0 Å². The Morgan fingerprint density at radius 2 is 2.05 bits per heavy atom. The standard InChI is InChI=1S/C18H14FNOS/c19-17-12(6-7-13-10-20-22-18(13)17)8-16(21)15-9-14(15)11-4-2-1-3-5-11/h1-7,10,14-15H,8-9H2/t14?,15-/m1/s1. The summed E-state index contributed by atoms with van der Waals surface area (Å²) in [4.78, 5) is 12.4. The zero-order valence-corrected chi connectivity index (χ0v) is 12.6. The predicted octanol–water partition coefficient (Wildman–Crippen LogP) is 4.35. The van der Waals surface area contributed by atoms with Crippen molar-refractivity contribution in [1.29, 1.82) is 0 Å². The summed E-state index contributed by atoms with van der Waals surface area (Å²) in [5.74, 6) is 0.199. The Hall–Kier alpha value is -2.07. The van der Waals surface area contributed by atoms with Crippen molar-refractivity contribution >= 4 is 27.4 Å². The molecule has 0 aliphatic heterocycles. The first-order chi connectivity index (χ1) is 10.7. The monoisotopic (exact) mass is 311 g/mol. The number of rotatable bonds is 4. The number of nitrogens with zero attached hydrogens (tertiary/aromatic N) is 1. The topological polar surface area (TPSA) is 30.0 Å². The Balaban J connectivity index is 1.51. The van der Waals surface area contributed by atoms with Crippen LogP contribution in [0.4, 0.5) is 4.39 Å². The molecule has 1 aliphatic rings. The average molecular weight is 311 g/mol. The van der Waals surface area contributed by atoms with Gasteiger partial charge in [-0.25, -0.2) is 4.39 Å². The molecule has 1 saturated carbocycles. The van der Waals surface area contributed by atoms with Crippen LogP contribution in [0.1, 0.15) is 23.5 Å². The van der Waals surface area contributed by atoms with E-state index < -0.39 is 0 Å². The molecule has 3 aromatic rings. The molecule has 1 fully saturated rings. The number of fused-ring (bicyclic) bond motifs is 1. The van der Waals surface area contributed by atoms with Crippen molar-refractivity contribution in [2.24, 2.45) is 5.92 Å². The number of halogens is 1. The van der Waals surface area contributed by atoms with Crippen molar-refractivity contribution in [3.05, 3.63) is 65.6 Å². The van der Waals surface area contributed by atoms with E-state index in [4.69, 9.17) is 0 Å². The molecule has 2 nitrogen and oxygen atoms in total. The molecular weight excluding hydrogens is 297 g/mol. The highest BCUT2D eigenvalue weighted by atomic mass is 32.1. The van der Waals surface area contributed by atoms with Crippen LogP contribution in [-0.2, 0) is 11.2 Å². The fraction of sp³-hybridized carbons (Fsp3) is 0.222. The van der Waals surface area contributed by atoms with Crippen LogP contribution >= 0.6 is 11.5 Å². The Morgan fingerprint density at radius 1 is 1.23 bits per heavy atom. The van der Waals surface area contributed by atoms with Gasteiger partial charge in [0.15, 0.2) is 0 Å². The highest BCUT2D eigenvalue weighted by molar-refractivity contribution is 7.13. The van der Waals surface area contributed by atoms with E-state index in [2.05, 4.69) is 16.5 Å². The van der Waals surface area contributed by atoms with Crippen LogP contribution in [0.5, 0.6) is 0 Å². The minimum Gasteiger partial charge on any atom is -0.299 e. The van der Waals surface area contributed by atoms with Crippen LogP contribution in [0.15, 0.2) is 48.7 Å². The molecule has 1 unspecified atom stereocenters. The van der Waals surface area contributed by atoms with Crippen molar-refractivity contribution in [3.8, 4) is 0 Å². The van der Waals surface area contributed by atoms with Gasteiger partial charge in [-0.15, -0.1) is 0 Å². The predicted molar refractivity (Wildman–Crippen MR) is 85.6 cm³/mol.